The van der Waals surface area contributed by atoms with E-state index in [9.17, 15) is 0 Å². The molecule has 2 aromatic heterocycles. The Morgan fingerprint density at radius 3 is 1.88 bits per heavy atom. The van der Waals surface area contributed by atoms with Crippen LogP contribution in [0.5, 0.6) is 0 Å². The number of hydrogen-bond donors (Lipinski definition) is 0. The Morgan fingerprint density at radius 2 is 1.11 bits per heavy atom. The van der Waals surface area contributed by atoms with E-state index in [0.717, 1.165) is 34.0 Å². The molecule has 270 valence electrons. The summed E-state index contributed by atoms with van der Waals surface area (Å²) in [4.78, 5) is 12.8. The van der Waals surface area contributed by atoms with Crippen molar-refractivity contribution in [2.75, 3.05) is 4.90 Å². The molecule has 11 rings (SSSR count). The molecule has 1 aliphatic carbocycles. The maximum absolute atomic E-state index is 5.28. The first-order valence-electron chi connectivity index (χ1n) is 19.6. The lowest BCUT2D eigenvalue weighted by Crippen LogP contribution is -2.39. The van der Waals surface area contributed by atoms with Crippen molar-refractivity contribution in [2.24, 2.45) is 0 Å². The van der Waals surface area contributed by atoms with Gasteiger partial charge in [-0.3, -0.25) is 0 Å². The molecule has 3 heterocycles. The SMILES string of the molecule is CC12C=CC=CC1N(c1cc(-c3ccccc3)nc(-c3ccccc3)n1)c1ccc(-c3ccc4c5ccccc5n(-c5ccc(-c6ccccc6)cc5)c4c3)cc12. The van der Waals surface area contributed by atoms with Crippen molar-refractivity contribution in [3.63, 3.8) is 0 Å². The zero-order valence-corrected chi connectivity index (χ0v) is 31.5. The predicted molar refractivity (Wildman–Crippen MR) is 236 cm³/mol. The van der Waals surface area contributed by atoms with E-state index in [4.69, 9.17) is 9.97 Å². The maximum atomic E-state index is 5.28. The average Bonchev–Trinajstić information content (AvgIpc) is 3.75. The van der Waals surface area contributed by atoms with Gasteiger partial charge in [0, 0.05) is 44.8 Å². The van der Waals surface area contributed by atoms with Gasteiger partial charge in [0.2, 0.25) is 0 Å². The van der Waals surface area contributed by atoms with Gasteiger partial charge in [-0.15, -0.1) is 0 Å². The van der Waals surface area contributed by atoms with Crippen LogP contribution in [0.1, 0.15) is 12.5 Å². The second-order valence-corrected chi connectivity index (χ2v) is 15.2. The lowest BCUT2D eigenvalue weighted by atomic mass is 9.75. The average molecular weight is 731 g/mol. The maximum Gasteiger partial charge on any atom is 0.162 e. The molecule has 1 aliphatic heterocycles. The molecular formula is C53H38N4. The first-order chi connectivity index (χ1) is 28.1. The third kappa shape index (κ3) is 5.44. The fourth-order valence-corrected chi connectivity index (χ4v) is 8.99. The van der Waals surface area contributed by atoms with E-state index in [0.29, 0.717) is 5.82 Å². The van der Waals surface area contributed by atoms with Crippen LogP contribution in [-0.4, -0.2) is 20.6 Å². The minimum atomic E-state index is -0.273. The van der Waals surface area contributed by atoms with Crippen molar-refractivity contribution in [2.45, 2.75) is 18.4 Å². The summed E-state index contributed by atoms with van der Waals surface area (Å²) < 4.78 is 2.41. The van der Waals surface area contributed by atoms with Gasteiger partial charge in [-0.25, -0.2) is 9.97 Å². The Labute approximate surface area is 332 Å². The van der Waals surface area contributed by atoms with E-state index < -0.39 is 0 Å². The van der Waals surface area contributed by atoms with Gasteiger partial charge in [-0.05, 0) is 71.1 Å². The molecule has 0 N–H and O–H groups in total. The Morgan fingerprint density at radius 1 is 0.491 bits per heavy atom. The highest BCUT2D eigenvalue weighted by molar-refractivity contribution is 6.10. The molecule has 0 fully saturated rings. The second kappa shape index (κ2) is 13.2. The number of para-hydroxylation sites is 1. The standard InChI is InChI=1S/C53H38N4/c1-53-32-14-13-23-50(53)57(51-35-46(38-17-7-3-8-18-38)54-52(55-51)39-19-9-4-10-20-39)48-31-27-40(33-45(48)53)41-26-30-44-43-21-11-12-22-47(43)56(49(44)34-41)42-28-24-37(25-29-42)36-15-5-2-6-16-36/h2-35,50H,1H3. The quantitative estimate of drug-likeness (QED) is 0.171. The van der Waals surface area contributed by atoms with Crippen LogP contribution in [0.3, 0.4) is 0 Å². The zero-order valence-electron chi connectivity index (χ0n) is 31.5. The van der Waals surface area contributed by atoms with Gasteiger partial charge < -0.3 is 9.47 Å². The fraction of sp³-hybridized carbons (Fsp3) is 0.0566. The first kappa shape index (κ1) is 33.1. The normalized spacial score (nSPS) is 16.9. The molecule has 0 saturated heterocycles. The van der Waals surface area contributed by atoms with Crippen LogP contribution in [0.15, 0.2) is 206 Å². The van der Waals surface area contributed by atoms with E-state index in [-0.39, 0.29) is 11.5 Å². The van der Waals surface area contributed by atoms with Gasteiger partial charge >= 0.3 is 0 Å². The molecule has 4 heteroatoms. The summed E-state index contributed by atoms with van der Waals surface area (Å²) in [5, 5.41) is 2.49. The number of aromatic nitrogens is 3. The topological polar surface area (TPSA) is 34.0 Å². The molecule has 0 amide bonds. The summed E-state index contributed by atoms with van der Waals surface area (Å²) in [6, 6.07) is 65.1. The largest absolute Gasteiger partial charge is 0.318 e. The van der Waals surface area contributed by atoms with Gasteiger partial charge in [-0.2, -0.15) is 0 Å². The van der Waals surface area contributed by atoms with Crippen LogP contribution in [0.4, 0.5) is 11.5 Å². The molecular weight excluding hydrogens is 693 g/mol. The number of benzene rings is 7. The number of fused-ring (bicyclic) bond motifs is 6. The first-order valence-corrected chi connectivity index (χ1v) is 19.6. The highest BCUT2D eigenvalue weighted by atomic mass is 15.3. The van der Waals surface area contributed by atoms with Crippen LogP contribution < -0.4 is 4.90 Å². The highest BCUT2D eigenvalue weighted by Crippen LogP contribution is 2.52. The third-order valence-corrected chi connectivity index (χ3v) is 11.9. The van der Waals surface area contributed by atoms with Crippen molar-refractivity contribution in [3.05, 3.63) is 212 Å². The van der Waals surface area contributed by atoms with Gasteiger partial charge in [0.1, 0.15) is 5.82 Å². The van der Waals surface area contributed by atoms with Crippen molar-refractivity contribution in [1.82, 2.24) is 14.5 Å². The van der Waals surface area contributed by atoms with Crippen molar-refractivity contribution in [3.8, 4) is 50.6 Å². The van der Waals surface area contributed by atoms with Gasteiger partial charge in [0.05, 0.1) is 22.8 Å². The zero-order chi connectivity index (χ0) is 37.9. The summed E-state index contributed by atoms with van der Waals surface area (Å²) in [6.07, 6.45) is 9.04. The Hall–Kier alpha value is -7.30. The molecule has 4 nitrogen and oxygen atoms in total. The van der Waals surface area contributed by atoms with Gasteiger partial charge in [0.25, 0.3) is 0 Å². The monoisotopic (exact) mass is 730 g/mol. The number of allylic oxidation sites excluding steroid dienone is 2. The van der Waals surface area contributed by atoms with E-state index in [1.807, 2.05) is 24.3 Å². The number of rotatable bonds is 6. The van der Waals surface area contributed by atoms with Crippen LogP contribution in [0.2, 0.25) is 0 Å². The third-order valence-electron chi connectivity index (χ3n) is 11.9. The molecule has 0 radical (unpaired) electrons. The Bertz CT molecular complexity index is 2960. The molecule has 0 spiro atoms. The summed E-state index contributed by atoms with van der Waals surface area (Å²) in [7, 11) is 0. The minimum Gasteiger partial charge on any atom is -0.318 e. The smallest absolute Gasteiger partial charge is 0.162 e. The summed E-state index contributed by atoms with van der Waals surface area (Å²) in [5.41, 5.74) is 13.5. The summed E-state index contributed by atoms with van der Waals surface area (Å²) in [6.45, 7) is 2.36. The fourth-order valence-electron chi connectivity index (χ4n) is 8.99. The van der Waals surface area contributed by atoms with Gasteiger partial charge in [-0.1, -0.05) is 164 Å². The minimum absolute atomic E-state index is 0.0405. The predicted octanol–water partition coefficient (Wildman–Crippen LogP) is 13.1. The molecule has 0 bridgehead atoms. The summed E-state index contributed by atoms with van der Waals surface area (Å²) >= 11 is 0. The van der Waals surface area contributed by atoms with Crippen LogP contribution in [0.25, 0.3) is 72.4 Å². The molecule has 7 aromatic carbocycles. The lowest BCUT2D eigenvalue weighted by Gasteiger charge is -2.34. The van der Waals surface area contributed by atoms with Crippen LogP contribution in [-0.2, 0) is 5.41 Å². The molecule has 2 unspecified atom stereocenters. The molecule has 2 aliphatic rings. The Balaban J connectivity index is 1.05. The Kier molecular flexibility index (Phi) is 7.65. The number of hydrogen-bond acceptors (Lipinski definition) is 3. The van der Waals surface area contributed by atoms with Crippen molar-refractivity contribution in [1.29, 1.82) is 0 Å². The van der Waals surface area contributed by atoms with E-state index in [1.54, 1.807) is 0 Å². The van der Waals surface area contributed by atoms with Crippen LogP contribution in [0, 0.1) is 0 Å². The molecule has 57 heavy (non-hydrogen) atoms. The number of nitrogens with zero attached hydrogens (tertiary/aromatic N) is 4. The van der Waals surface area contributed by atoms with E-state index in [1.165, 1.54) is 49.6 Å². The molecule has 2 atom stereocenters. The highest BCUT2D eigenvalue weighted by Gasteiger charge is 2.47. The van der Waals surface area contributed by atoms with E-state index >= 15 is 0 Å². The molecule has 9 aromatic rings. The molecule has 0 saturated carbocycles. The van der Waals surface area contributed by atoms with Gasteiger partial charge in [0.15, 0.2) is 5.82 Å². The van der Waals surface area contributed by atoms with Crippen LogP contribution >= 0.6 is 0 Å². The van der Waals surface area contributed by atoms with Crippen molar-refractivity contribution >= 4 is 33.3 Å². The number of anilines is 2. The summed E-state index contributed by atoms with van der Waals surface area (Å²) in [5.74, 6) is 1.60. The van der Waals surface area contributed by atoms with E-state index in [2.05, 4.69) is 198 Å². The second-order valence-electron chi connectivity index (χ2n) is 15.2. The van der Waals surface area contributed by atoms with Crippen molar-refractivity contribution < 1.29 is 0 Å². The lowest BCUT2D eigenvalue weighted by molar-refractivity contribution is 0.549.